The SMILES string of the molecule is CC(OC(=O)C1C(C=C2CCOC2=O)C1(C)C)c1cc(Br)cc(C(c2cccc(Cl)c2)C(Cl)C(F)F)c1. The van der Waals surface area contributed by atoms with Crippen LogP contribution in [0, 0.1) is 17.3 Å². The van der Waals surface area contributed by atoms with Crippen molar-refractivity contribution in [3.8, 4) is 0 Å². The van der Waals surface area contributed by atoms with Gasteiger partial charge >= 0.3 is 11.9 Å². The van der Waals surface area contributed by atoms with Gasteiger partial charge in [0.25, 0.3) is 6.43 Å². The van der Waals surface area contributed by atoms with Crippen LogP contribution in [-0.2, 0) is 19.1 Å². The van der Waals surface area contributed by atoms with Gasteiger partial charge in [0.2, 0.25) is 0 Å². The lowest BCUT2D eigenvalue weighted by Crippen LogP contribution is -2.22. The van der Waals surface area contributed by atoms with Gasteiger partial charge in [0, 0.05) is 27.4 Å². The summed E-state index contributed by atoms with van der Waals surface area (Å²) in [5.74, 6) is -2.07. The standard InChI is InChI=1S/C28H27BrCl2F2O4/c1-14(37-27(35)23-21(28(23,2)3)13-16-7-8-36-26(16)34)17-9-18(11-19(29)10-17)22(24(31)25(32)33)15-5-4-6-20(30)12-15/h4-6,9-14,21-25H,7-8H2,1-3H3. The Bertz CT molecular complexity index is 1230. The molecular weight excluding hydrogens is 589 g/mol. The number of hydrogen-bond donors (Lipinski definition) is 0. The first-order chi connectivity index (χ1) is 17.4. The molecule has 0 radical (unpaired) electrons. The average molecular weight is 616 g/mol. The van der Waals surface area contributed by atoms with Crippen LogP contribution in [-0.4, -0.2) is 30.3 Å². The van der Waals surface area contributed by atoms with Crippen molar-refractivity contribution in [3.05, 3.63) is 80.3 Å². The lowest BCUT2D eigenvalue weighted by Gasteiger charge is -2.25. The summed E-state index contributed by atoms with van der Waals surface area (Å²) in [7, 11) is 0. The molecule has 1 aliphatic heterocycles. The zero-order valence-corrected chi connectivity index (χ0v) is 23.6. The molecule has 4 nitrogen and oxygen atoms in total. The zero-order chi connectivity index (χ0) is 27.1. The average Bonchev–Trinajstić information content (AvgIpc) is 3.12. The molecule has 5 unspecified atom stereocenters. The summed E-state index contributed by atoms with van der Waals surface area (Å²) in [6.45, 7) is 6.02. The molecule has 1 aliphatic carbocycles. The van der Waals surface area contributed by atoms with E-state index in [-0.39, 0.29) is 23.3 Å². The molecule has 4 rings (SSSR count). The van der Waals surface area contributed by atoms with Gasteiger partial charge in [-0.2, -0.15) is 0 Å². The quantitative estimate of drug-likeness (QED) is 0.172. The Morgan fingerprint density at radius 2 is 1.89 bits per heavy atom. The van der Waals surface area contributed by atoms with Gasteiger partial charge in [-0.05, 0) is 59.2 Å². The van der Waals surface area contributed by atoms with Crippen LogP contribution in [0.25, 0.3) is 0 Å². The van der Waals surface area contributed by atoms with E-state index in [1.165, 1.54) is 0 Å². The van der Waals surface area contributed by atoms with Crippen molar-refractivity contribution in [2.75, 3.05) is 6.61 Å². The van der Waals surface area contributed by atoms with Crippen molar-refractivity contribution in [2.45, 2.75) is 51.0 Å². The number of carbonyl (C=O) groups excluding carboxylic acids is 2. The predicted molar refractivity (Wildman–Crippen MR) is 142 cm³/mol. The van der Waals surface area contributed by atoms with Crippen molar-refractivity contribution in [1.82, 2.24) is 0 Å². The molecular formula is C28H27BrCl2F2O4. The van der Waals surface area contributed by atoms with Gasteiger partial charge in [-0.15, -0.1) is 11.6 Å². The van der Waals surface area contributed by atoms with Crippen LogP contribution in [0.2, 0.25) is 5.02 Å². The van der Waals surface area contributed by atoms with Crippen LogP contribution in [0.3, 0.4) is 0 Å². The third-order valence-corrected chi connectivity index (χ3v) is 8.38. The number of halogens is 5. The lowest BCUT2D eigenvalue weighted by atomic mass is 9.87. The first-order valence-corrected chi connectivity index (χ1v) is 13.6. The molecule has 0 aromatic heterocycles. The second-order valence-corrected chi connectivity index (χ2v) is 12.0. The maximum absolute atomic E-state index is 13.8. The molecule has 2 fully saturated rings. The molecule has 1 saturated carbocycles. The number of rotatable bonds is 8. The highest BCUT2D eigenvalue weighted by Crippen LogP contribution is 2.60. The van der Waals surface area contributed by atoms with Crippen LogP contribution in [0.4, 0.5) is 8.78 Å². The van der Waals surface area contributed by atoms with Gasteiger partial charge in [-0.3, -0.25) is 4.79 Å². The fourth-order valence-electron chi connectivity index (χ4n) is 5.03. The van der Waals surface area contributed by atoms with E-state index in [2.05, 4.69) is 15.9 Å². The van der Waals surface area contributed by atoms with E-state index >= 15 is 0 Å². The highest BCUT2D eigenvalue weighted by molar-refractivity contribution is 9.10. The third kappa shape index (κ3) is 6.04. The van der Waals surface area contributed by atoms with E-state index in [9.17, 15) is 18.4 Å². The molecule has 0 amide bonds. The molecule has 9 heteroatoms. The fraction of sp³-hybridized carbons (Fsp3) is 0.429. The Morgan fingerprint density at radius 3 is 2.51 bits per heavy atom. The Morgan fingerprint density at radius 1 is 1.19 bits per heavy atom. The number of carbonyl (C=O) groups is 2. The topological polar surface area (TPSA) is 52.6 Å². The molecule has 198 valence electrons. The highest BCUT2D eigenvalue weighted by atomic mass is 79.9. The smallest absolute Gasteiger partial charge is 0.333 e. The summed E-state index contributed by atoms with van der Waals surface area (Å²) in [5.41, 5.74) is 1.98. The predicted octanol–water partition coefficient (Wildman–Crippen LogP) is 7.86. The highest BCUT2D eigenvalue weighted by Gasteiger charge is 2.62. The molecule has 2 aromatic carbocycles. The van der Waals surface area contributed by atoms with E-state index in [4.69, 9.17) is 32.7 Å². The van der Waals surface area contributed by atoms with E-state index < -0.39 is 29.7 Å². The molecule has 0 spiro atoms. The van der Waals surface area contributed by atoms with E-state index in [0.29, 0.717) is 44.8 Å². The Hall–Kier alpha value is -1.96. The maximum atomic E-state index is 13.8. The van der Waals surface area contributed by atoms with Crippen LogP contribution in [0.5, 0.6) is 0 Å². The minimum atomic E-state index is -2.77. The first kappa shape index (κ1) is 28.1. The van der Waals surface area contributed by atoms with Crippen molar-refractivity contribution >= 4 is 51.1 Å². The largest absolute Gasteiger partial charge is 0.462 e. The summed E-state index contributed by atoms with van der Waals surface area (Å²) in [5, 5.41) is -1.08. The summed E-state index contributed by atoms with van der Waals surface area (Å²) >= 11 is 15.8. The fourth-order valence-corrected chi connectivity index (χ4v) is 6.05. The molecule has 37 heavy (non-hydrogen) atoms. The number of cyclic esters (lactones) is 1. The summed E-state index contributed by atoms with van der Waals surface area (Å²) < 4.78 is 39.0. The minimum Gasteiger partial charge on any atom is -0.462 e. The number of alkyl halides is 3. The van der Waals surface area contributed by atoms with E-state index in [0.717, 1.165) is 0 Å². The maximum Gasteiger partial charge on any atom is 0.333 e. The molecule has 5 atom stereocenters. The Labute approximate surface area is 233 Å². The van der Waals surface area contributed by atoms with Crippen LogP contribution in [0.1, 0.15) is 55.9 Å². The molecule has 2 aromatic rings. The van der Waals surface area contributed by atoms with Crippen LogP contribution in [0.15, 0.2) is 58.6 Å². The van der Waals surface area contributed by atoms with Gasteiger partial charge in [0.15, 0.2) is 0 Å². The van der Waals surface area contributed by atoms with Gasteiger partial charge < -0.3 is 9.47 Å². The molecule has 0 N–H and O–H groups in total. The van der Waals surface area contributed by atoms with E-state index in [1.54, 1.807) is 49.4 Å². The van der Waals surface area contributed by atoms with Crippen molar-refractivity contribution in [2.24, 2.45) is 17.3 Å². The molecule has 0 bridgehead atoms. The van der Waals surface area contributed by atoms with Crippen molar-refractivity contribution in [1.29, 1.82) is 0 Å². The zero-order valence-electron chi connectivity index (χ0n) is 20.5. The van der Waals surface area contributed by atoms with Gasteiger partial charge in [0.1, 0.15) is 11.5 Å². The first-order valence-electron chi connectivity index (χ1n) is 12.0. The lowest BCUT2D eigenvalue weighted by molar-refractivity contribution is -0.151. The Balaban J connectivity index is 1.57. The second kappa shape index (κ2) is 11.0. The number of ether oxygens (including phenoxy) is 2. The van der Waals surface area contributed by atoms with E-state index in [1.807, 2.05) is 19.9 Å². The second-order valence-electron chi connectivity index (χ2n) is 10.1. The van der Waals surface area contributed by atoms with Gasteiger partial charge in [0.05, 0.1) is 12.5 Å². The van der Waals surface area contributed by atoms with Crippen LogP contribution < -0.4 is 0 Å². The van der Waals surface area contributed by atoms with Crippen molar-refractivity contribution in [3.63, 3.8) is 0 Å². The van der Waals surface area contributed by atoms with Gasteiger partial charge in [-0.25, -0.2) is 13.6 Å². The number of allylic oxidation sites excluding steroid dienone is 1. The van der Waals surface area contributed by atoms with Gasteiger partial charge in [-0.1, -0.05) is 65.7 Å². The van der Waals surface area contributed by atoms with Crippen molar-refractivity contribution < 1.29 is 27.8 Å². The minimum absolute atomic E-state index is 0.124. The summed E-state index contributed by atoms with van der Waals surface area (Å²) in [4.78, 5) is 25.0. The number of esters is 2. The third-order valence-electron chi connectivity index (χ3n) is 7.24. The molecule has 1 saturated heterocycles. The van der Waals surface area contributed by atoms with Crippen LogP contribution >= 0.6 is 39.1 Å². The molecule has 2 aliphatic rings. The number of hydrogen-bond acceptors (Lipinski definition) is 4. The monoisotopic (exact) mass is 614 g/mol. The molecule has 1 heterocycles. The Kier molecular flexibility index (Phi) is 8.37. The summed E-state index contributed by atoms with van der Waals surface area (Å²) in [6, 6.07) is 11.9. The number of benzene rings is 2. The normalized spacial score (nSPS) is 24.0. The summed E-state index contributed by atoms with van der Waals surface area (Å²) in [6.07, 6.45) is -1.05.